The fourth-order valence-corrected chi connectivity index (χ4v) is 6.78. The van der Waals surface area contributed by atoms with E-state index in [9.17, 15) is 15.0 Å². The van der Waals surface area contributed by atoms with E-state index < -0.39 is 29.1 Å². The zero-order chi connectivity index (χ0) is 25.1. The summed E-state index contributed by atoms with van der Waals surface area (Å²) in [6.07, 6.45) is 3.41. The number of carbonyl (C=O) groups excluding carboxylic acids is 1. The molecule has 5 atom stereocenters. The monoisotopic (exact) mass is 550 g/mol. The Bertz CT molecular complexity index is 1300. The summed E-state index contributed by atoms with van der Waals surface area (Å²) < 4.78 is 13.2. The fourth-order valence-electron chi connectivity index (χ4n) is 6.52. The molecule has 1 aliphatic carbocycles. The topological polar surface area (TPSA) is 92.1 Å². The van der Waals surface area contributed by atoms with E-state index in [1.54, 1.807) is 4.90 Å². The van der Waals surface area contributed by atoms with Gasteiger partial charge in [0, 0.05) is 23.5 Å². The Morgan fingerprint density at radius 1 is 1.11 bits per heavy atom. The van der Waals surface area contributed by atoms with Crippen molar-refractivity contribution in [3.8, 4) is 11.5 Å². The Kier molecular flexibility index (Phi) is 5.59. The van der Waals surface area contributed by atoms with Crippen molar-refractivity contribution in [3.05, 3.63) is 88.2 Å². The van der Waals surface area contributed by atoms with Crippen molar-refractivity contribution in [1.29, 1.82) is 0 Å². The van der Waals surface area contributed by atoms with Gasteiger partial charge in [-0.05, 0) is 36.1 Å². The smallest absolute Gasteiger partial charge is 0.229 e. The normalized spacial score (nSPS) is 30.6. The highest BCUT2D eigenvalue weighted by molar-refractivity contribution is 9.10. The van der Waals surface area contributed by atoms with Gasteiger partial charge in [-0.1, -0.05) is 58.4 Å². The lowest BCUT2D eigenvalue weighted by Crippen LogP contribution is -2.52. The minimum atomic E-state index is -1.98. The number of halogens is 1. The van der Waals surface area contributed by atoms with Crippen LogP contribution in [-0.4, -0.2) is 52.3 Å². The lowest BCUT2D eigenvalue weighted by atomic mass is 9.70. The Hall–Kier alpha value is -2.94. The second kappa shape index (κ2) is 8.57. The van der Waals surface area contributed by atoms with Crippen LogP contribution < -0.4 is 9.47 Å². The average Bonchev–Trinajstić information content (AvgIpc) is 3.58. The molecule has 6 rings (SSSR count). The molecule has 0 bridgehead atoms. The quantitative estimate of drug-likeness (QED) is 0.514. The van der Waals surface area contributed by atoms with Crippen LogP contribution in [0, 0.1) is 5.92 Å². The second-order valence-corrected chi connectivity index (χ2v) is 10.6. The molecule has 3 aliphatic rings. The third-order valence-electron chi connectivity index (χ3n) is 8.01. The predicted octanol–water partition coefficient (Wildman–Crippen LogP) is 3.73. The van der Waals surface area contributed by atoms with Gasteiger partial charge < -0.3 is 24.6 Å². The summed E-state index contributed by atoms with van der Waals surface area (Å²) >= 11 is 3.50. The molecule has 1 amide bonds. The summed E-state index contributed by atoms with van der Waals surface area (Å²) in [6.45, 7) is 1.27. The fraction of sp³-hybridized carbons (Fsp3) is 0.357. The molecule has 2 fully saturated rings. The zero-order valence-electron chi connectivity index (χ0n) is 19.8. The molecule has 1 saturated heterocycles. The standard InChI is InChI=1S/C28H27BrN2O5/c1-35-20-15-30-16-21-24(20)27(34)25(32)22(26(33)31-13-5-6-14-31)23(17-7-3-2-4-8-17)28(27,36-21)18-9-11-19(29)12-10-18/h2-4,7-12,15-16,22-23,25,32,34H,5-6,13-14H2,1H3/t22-,23-,25-,27+,28+/m1/s1. The molecular weight excluding hydrogens is 524 g/mol. The van der Waals surface area contributed by atoms with Gasteiger partial charge in [0.25, 0.3) is 0 Å². The Labute approximate surface area is 217 Å². The summed E-state index contributed by atoms with van der Waals surface area (Å²) in [7, 11) is 1.49. The molecule has 2 aliphatic heterocycles. The highest BCUT2D eigenvalue weighted by Gasteiger charge is 2.78. The van der Waals surface area contributed by atoms with E-state index in [1.807, 2.05) is 54.6 Å². The lowest BCUT2D eigenvalue weighted by Gasteiger charge is -2.41. The van der Waals surface area contributed by atoms with Gasteiger partial charge in [0.1, 0.15) is 17.6 Å². The van der Waals surface area contributed by atoms with E-state index in [2.05, 4.69) is 20.9 Å². The van der Waals surface area contributed by atoms with Crippen LogP contribution in [0.4, 0.5) is 0 Å². The number of aromatic nitrogens is 1. The van der Waals surface area contributed by atoms with Gasteiger partial charge in [0.15, 0.2) is 11.2 Å². The first-order valence-electron chi connectivity index (χ1n) is 12.1. The predicted molar refractivity (Wildman–Crippen MR) is 136 cm³/mol. The number of amides is 1. The molecule has 2 N–H and O–H groups in total. The van der Waals surface area contributed by atoms with Crippen molar-refractivity contribution < 1.29 is 24.5 Å². The number of pyridine rings is 1. The number of aliphatic hydroxyl groups is 2. The zero-order valence-corrected chi connectivity index (χ0v) is 21.4. The molecule has 0 radical (unpaired) electrons. The van der Waals surface area contributed by atoms with E-state index in [0.717, 1.165) is 22.9 Å². The van der Waals surface area contributed by atoms with Gasteiger partial charge in [-0.3, -0.25) is 9.78 Å². The first kappa shape index (κ1) is 23.5. The Balaban J connectivity index is 1.67. The van der Waals surface area contributed by atoms with E-state index >= 15 is 0 Å². The number of hydrogen-bond acceptors (Lipinski definition) is 6. The molecule has 36 heavy (non-hydrogen) atoms. The van der Waals surface area contributed by atoms with Crippen molar-refractivity contribution in [2.24, 2.45) is 5.92 Å². The summed E-state index contributed by atoms with van der Waals surface area (Å²) in [4.78, 5) is 20.1. The van der Waals surface area contributed by atoms with Crippen LogP contribution in [0.5, 0.6) is 11.5 Å². The first-order valence-corrected chi connectivity index (χ1v) is 12.9. The van der Waals surface area contributed by atoms with Crippen LogP contribution in [0.3, 0.4) is 0 Å². The number of fused-ring (bicyclic) bond motifs is 3. The average molecular weight is 551 g/mol. The van der Waals surface area contributed by atoms with E-state index in [1.165, 1.54) is 19.5 Å². The molecule has 3 heterocycles. The first-order chi connectivity index (χ1) is 17.4. The summed E-state index contributed by atoms with van der Waals surface area (Å²) in [5.41, 5.74) is -1.73. The number of benzene rings is 2. The minimum Gasteiger partial charge on any atom is -0.495 e. The molecule has 186 valence electrons. The molecule has 0 spiro atoms. The van der Waals surface area contributed by atoms with Gasteiger partial charge in [0.2, 0.25) is 5.91 Å². The number of ether oxygens (including phenoxy) is 2. The van der Waals surface area contributed by atoms with E-state index in [4.69, 9.17) is 9.47 Å². The van der Waals surface area contributed by atoms with Crippen molar-refractivity contribution in [1.82, 2.24) is 9.88 Å². The highest BCUT2D eigenvalue weighted by Crippen LogP contribution is 2.69. The van der Waals surface area contributed by atoms with Crippen molar-refractivity contribution >= 4 is 21.8 Å². The molecule has 7 nitrogen and oxygen atoms in total. The maximum Gasteiger partial charge on any atom is 0.229 e. The van der Waals surface area contributed by atoms with Crippen molar-refractivity contribution in [3.63, 3.8) is 0 Å². The van der Waals surface area contributed by atoms with Crippen LogP contribution in [0.15, 0.2) is 71.5 Å². The summed E-state index contributed by atoms with van der Waals surface area (Å²) in [5.74, 6) is -1.18. The molecule has 1 saturated carbocycles. The number of aliphatic hydroxyl groups excluding tert-OH is 1. The van der Waals surface area contributed by atoms with Crippen LogP contribution >= 0.6 is 15.9 Å². The summed E-state index contributed by atoms with van der Waals surface area (Å²) in [6, 6.07) is 17.0. The molecule has 8 heteroatoms. The lowest BCUT2D eigenvalue weighted by molar-refractivity contribution is -0.156. The molecular formula is C28H27BrN2O5. The minimum absolute atomic E-state index is 0.175. The highest BCUT2D eigenvalue weighted by atomic mass is 79.9. The number of carbonyl (C=O) groups is 1. The van der Waals surface area contributed by atoms with Gasteiger partial charge in [-0.2, -0.15) is 0 Å². The van der Waals surface area contributed by atoms with Crippen LogP contribution in [0.2, 0.25) is 0 Å². The number of likely N-dealkylation sites (tertiary alicyclic amines) is 1. The van der Waals surface area contributed by atoms with Crippen LogP contribution in [0.1, 0.15) is 35.4 Å². The van der Waals surface area contributed by atoms with Crippen molar-refractivity contribution in [2.45, 2.75) is 36.1 Å². The Morgan fingerprint density at radius 2 is 1.81 bits per heavy atom. The third-order valence-corrected chi connectivity index (χ3v) is 8.54. The molecule has 2 aromatic carbocycles. The van der Waals surface area contributed by atoms with Gasteiger partial charge in [0.05, 0.1) is 31.0 Å². The van der Waals surface area contributed by atoms with E-state index in [-0.39, 0.29) is 5.91 Å². The number of nitrogens with zero attached hydrogens (tertiary/aromatic N) is 2. The van der Waals surface area contributed by atoms with Crippen LogP contribution in [-0.2, 0) is 16.0 Å². The number of rotatable bonds is 4. The largest absolute Gasteiger partial charge is 0.495 e. The molecule has 3 aromatic rings. The number of methoxy groups -OCH3 is 1. The van der Waals surface area contributed by atoms with Gasteiger partial charge >= 0.3 is 0 Å². The molecule has 0 unspecified atom stereocenters. The SMILES string of the molecule is COc1cncc2c1[C@]1(O)[C@H](O)[C@H](C(=O)N3CCCC3)[C@@H](c3ccccc3)[C@]1(c1ccc(Br)cc1)O2. The van der Waals surface area contributed by atoms with Crippen molar-refractivity contribution in [2.75, 3.05) is 20.2 Å². The molecule has 1 aromatic heterocycles. The third kappa shape index (κ3) is 3.04. The summed E-state index contributed by atoms with van der Waals surface area (Å²) in [5, 5.41) is 24.8. The van der Waals surface area contributed by atoms with E-state index in [0.29, 0.717) is 35.7 Å². The van der Waals surface area contributed by atoms with Gasteiger partial charge in [-0.15, -0.1) is 0 Å². The van der Waals surface area contributed by atoms with Gasteiger partial charge in [-0.25, -0.2) is 0 Å². The maximum absolute atomic E-state index is 14.1. The Morgan fingerprint density at radius 3 is 2.47 bits per heavy atom. The number of hydrogen-bond donors (Lipinski definition) is 2. The van der Waals surface area contributed by atoms with Crippen LogP contribution in [0.25, 0.3) is 0 Å². The maximum atomic E-state index is 14.1. The second-order valence-electron chi connectivity index (χ2n) is 9.72.